The molecule has 1 unspecified atom stereocenters. The van der Waals surface area contributed by atoms with Gasteiger partial charge in [-0.25, -0.2) is 4.39 Å². The summed E-state index contributed by atoms with van der Waals surface area (Å²) in [6.07, 6.45) is -1.08. The second-order valence-corrected chi connectivity index (χ2v) is 11.6. The highest BCUT2D eigenvalue weighted by molar-refractivity contribution is 5.99. The van der Waals surface area contributed by atoms with Crippen LogP contribution in [0.2, 0.25) is 0 Å². The molecule has 0 spiro atoms. The van der Waals surface area contributed by atoms with Crippen molar-refractivity contribution in [2.24, 2.45) is 5.92 Å². The third-order valence-corrected chi connectivity index (χ3v) is 8.56. The minimum Gasteiger partial charge on any atom is -0.508 e. The van der Waals surface area contributed by atoms with Crippen molar-refractivity contribution >= 4 is 5.78 Å². The molecule has 2 saturated heterocycles. The number of nitrogens with zero attached hydrogens (tertiary/aromatic N) is 3. The standard InChI is InChI=1S/C31H41F4N3O2/c1-21-24(12-8-13-26(21)32)29-25(30(40)22-10-7-11-23(39)18-22)19-37(16-6-4-5-15-36(2)3)20-27(29)38-17-9-14-28(38)31(33,34)35/h7-8,10-13,18,25,27-29,39H,4-6,9,14-17,19-20H2,1-3H3/t25-,27?,28-,29-/m0/s1. The number of alkyl halides is 3. The highest BCUT2D eigenvalue weighted by Gasteiger charge is 2.53. The van der Waals surface area contributed by atoms with Crippen molar-refractivity contribution in [3.63, 3.8) is 0 Å². The van der Waals surface area contributed by atoms with Gasteiger partial charge >= 0.3 is 6.18 Å². The summed E-state index contributed by atoms with van der Waals surface area (Å²) < 4.78 is 57.6. The number of benzene rings is 2. The first-order chi connectivity index (χ1) is 19.0. The van der Waals surface area contributed by atoms with Crippen LogP contribution in [0.15, 0.2) is 42.5 Å². The quantitative estimate of drug-likeness (QED) is 0.223. The Morgan fingerprint density at radius 1 is 1.07 bits per heavy atom. The van der Waals surface area contributed by atoms with E-state index >= 15 is 0 Å². The number of carbonyl (C=O) groups is 1. The second-order valence-electron chi connectivity index (χ2n) is 11.6. The fourth-order valence-electron chi connectivity index (χ4n) is 6.61. The van der Waals surface area contributed by atoms with E-state index in [-0.39, 0.29) is 24.5 Å². The molecule has 2 heterocycles. The lowest BCUT2D eigenvalue weighted by Gasteiger charge is -2.49. The summed E-state index contributed by atoms with van der Waals surface area (Å²) in [6.45, 7) is 4.30. The van der Waals surface area contributed by atoms with Gasteiger partial charge in [0.05, 0.1) is 0 Å². The molecule has 5 nitrogen and oxygen atoms in total. The van der Waals surface area contributed by atoms with Gasteiger partial charge in [-0.3, -0.25) is 9.69 Å². The van der Waals surface area contributed by atoms with E-state index in [4.69, 9.17) is 0 Å². The Balaban J connectivity index is 1.74. The van der Waals surface area contributed by atoms with E-state index in [0.29, 0.717) is 42.7 Å². The van der Waals surface area contributed by atoms with Crippen LogP contribution in [-0.2, 0) is 0 Å². The lowest BCUT2D eigenvalue weighted by molar-refractivity contribution is -0.184. The van der Waals surface area contributed by atoms with Crippen LogP contribution in [0.25, 0.3) is 0 Å². The fraction of sp³-hybridized carbons (Fsp3) is 0.581. The predicted octanol–water partition coefficient (Wildman–Crippen LogP) is 5.87. The molecule has 0 bridgehead atoms. The van der Waals surface area contributed by atoms with Crippen molar-refractivity contribution in [3.8, 4) is 5.75 Å². The van der Waals surface area contributed by atoms with Crippen LogP contribution in [0.1, 0.15) is 59.5 Å². The zero-order chi connectivity index (χ0) is 29.0. The Morgan fingerprint density at radius 3 is 2.52 bits per heavy atom. The van der Waals surface area contributed by atoms with Crippen molar-refractivity contribution < 1.29 is 27.5 Å². The van der Waals surface area contributed by atoms with E-state index in [1.54, 1.807) is 31.2 Å². The summed E-state index contributed by atoms with van der Waals surface area (Å²) in [5.74, 6) is -2.05. The van der Waals surface area contributed by atoms with E-state index in [9.17, 15) is 27.5 Å². The van der Waals surface area contributed by atoms with Gasteiger partial charge in [0.15, 0.2) is 5.78 Å². The normalized spacial score (nSPS) is 24.6. The van der Waals surface area contributed by atoms with Crippen LogP contribution in [-0.4, -0.2) is 90.7 Å². The van der Waals surface area contributed by atoms with Gasteiger partial charge in [0.2, 0.25) is 0 Å². The molecule has 0 aliphatic carbocycles. The number of rotatable bonds is 10. The third kappa shape index (κ3) is 7.04. The summed E-state index contributed by atoms with van der Waals surface area (Å²) in [4.78, 5) is 19.9. The number of piperidine rings is 1. The van der Waals surface area contributed by atoms with Crippen molar-refractivity contribution in [2.75, 3.05) is 46.8 Å². The number of likely N-dealkylation sites (tertiary alicyclic amines) is 2. The topological polar surface area (TPSA) is 47.0 Å². The van der Waals surface area contributed by atoms with Crippen molar-refractivity contribution in [3.05, 3.63) is 65.0 Å². The van der Waals surface area contributed by atoms with E-state index < -0.39 is 35.9 Å². The molecule has 2 aliphatic rings. The van der Waals surface area contributed by atoms with Gasteiger partial charge in [-0.15, -0.1) is 0 Å². The first-order valence-corrected chi connectivity index (χ1v) is 14.2. The number of phenolic OH excluding ortho intramolecular Hbond substituents is 1. The summed E-state index contributed by atoms with van der Waals surface area (Å²) in [5.41, 5.74) is 1.26. The minimum absolute atomic E-state index is 0.0184. The lowest BCUT2D eigenvalue weighted by Crippen LogP contribution is -2.60. The third-order valence-electron chi connectivity index (χ3n) is 8.56. The smallest absolute Gasteiger partial charge is 0.404 e. The molecular formula is C31H41F4N3O2. The largest absolute Gasteiger partial charge is 0.508 e. The summed E-state index contributed by atoms with van der Waals surface area (Å²) in [7, 11) is 4.04. The molecule has 0 radical (unpaired) electrons. The van der Waals surface area contributed by atoms with Gasteiger partial charge in [0, 0.05) is 36.5 Å². The molecule has 2 aromatic rings. The molecule has 9 heteroatoms. The Labute approximate surface area is 234 Å². The average molecular weight is 564 g/mol. The van der Waals surface area contributed by atoms with Crippen LogP contribution >= 0.6 is 0 Å². The van der Waals surface area contributed by atoms with E-state index in [1.807, 2.05) is 14.1 Å². The van der Waals surface area contributed by atoms with Gasteiger partial charge in [0.25, 0.3) is 0 Å². The van der Waals surface area contributed by atoms with Gasteiger partial charge in [-0.05, 0) is 95.7 Å². The van der Waals surface area contributed by atoms with Gasteiger partial charge in [0.1, 0.15) is 17.6 Å². The van der Waals surface area contributed by atoms with Crippen LogP contribution in [0.5, 0.6) is 5.75 Å². The predicted molar refractivity (Wildman–Crippen MR) is 148 cm³/mol. The molecule has 0 aromatic heterocycles. The molecule has 1 N–H and O–H groups in total. The Kier molecular flexibility index (Phi) is 9.90. The summed E-state index contributed by atoms with van der Waals surface area (Å²) in [6, 6.07) is 8.57. The lowest BCUT2D eigenvalue weighted by atomic mass is 9.72. The number of aromatic hydroxyl groups is 1. The van der Waals surface area contributed by atoms with Crippen LogP contribution < -0.4 is 0 Å². The molecule has 2 fully saturated rings. The zero-order valence-electron chi connectivity index (χ0n) is 23.6. The Morgan fingerprint density at radius 2 is 1.82 bits per heavy atom. The molecule has 2 aliphatic heterocycles. The first-order valence-electron chi connectivity index (χ1n) is 14.2. The molecule has 2 aromatic carbocycles. The van der Waals surface area contributed by atoms with E-state index in [2.05, 4.69) is 9.80 Å². The molecule has 40 heavy (non-hydrogen) atoms. The number of unbranched alkanes of at least 4 members (excludes halogenated alkanes) is 2. The number of carbonyl (C=O) groups excluding carboxylic acids is 1. The van der Waals surface area contributed by atoms with Gasteiger partial charge in [-0.2, -0.15) is 13.2 Å². The van der Waals surface area contributed by atoms with E-state index in [0.717, 1.165) is 25.8 Å². The Hall–Kier alpha value is -2.49. The molecule has 0 saturated carbocycles. The number of hydrogen-bond acceptors (Lipinski definition) is 5. The summed E-state index contributed by atoms with van der Waals surface area (Å²) >= 11 is 0. The minimum atomic E-state index is -4.39. The molecule has 4 atom stereocenters. The van der Waals surface area contributed by atoms with Gasteiger partial charge < -0.3 is 14.9 Å². The number of halogens is 4. The molecule has 0 amide bonds. The number of hydrogen-bond donors (Lipinski definition) is 1. The maximum absolute atomic E-state index is 14.9. The van der Waals surface area contributed by atoms with E-state index in [1.165, 1.54) is 23.1 Å². The summed E-state index contributed by atoms with van der Waals surface area (Å²) in [5, 5.41) is 10.1. The van der Waals surface area contributed by atoms with Crippen LogP contribution in [0.3, 0.4) is 0 Å². The molecule has 4 rings (SSSR count). The van der Waals surface area contributed by atoms with Gasteiger partial charge in [-0.1, -0.05) is 30.7 Å². The monoisotopic (exact) mass is 563 g/mol. The zero-order valence-corrected chi connectivity index (χ0v) is 23.6. The highest BCUT2D eigenvalue weighted by Crippen LogP contribution is 2.44. The van der Waals surface area contributed by atoms with Crippen molar-refractivity contribution in [1.82, 2.24) is 14.7 Å². The number of ketones is 1. The highest BCUT2D eigenvalue weighted by atomic mass is 19.4. The Bertz CT molecular complexity index is 1160. The molecular weight excluding hydrogens is 522 g/mol. The maximum atomic E-state index is 14.9. The average Bonchev–Trinajstić information content (AvgIpc) is 3.40. The SMILES string of the molecule is Cc1c(F)cccc1[C@@H]1C(N2CCC[C@H]2C(F)(F)F)CN(CCCCCN(C)C)C[C@@H]1C(=O)c1cccc(O)c1. The first kappa shape index (κ1) is 30.5. The van der Waals surface area contributed by atoms with Crippen LogP contribution in [0, 0.1) is 18.7 Å². The molecule has 220 valence electrons. The second kappa shape index (κ2) is 13.0. The number of phenols is 1. The van der Waals surface area contributed by atoms with Crippen molar-refractivity contribution in [1.29, 1.82) is 0 Å². The van der Waals surface area contributed by atoms with Crippen LogP contribution in [0.4, 0.5) is 17.6 Å². The van der Waals surface area contributed by atoms with Crippen molar-refractivity contribution in [2.45, 2.75) is 63.2 Å². The fourth-order valence-corrected chi connectivity index (χ4v) is 6.61. The maximum Gasteiger partial charge on any atom is 0.404 e. The number of Topliss-reactive ketones (excluding diaryl/α,β-unsaturated/α-hetero) is 1.